The van der Waals surface area contributed by atoms with Crippen LogP contribution in [0.25, 0.3) is 0 Å². The Labute approximate surface area is 127 Å². The van der Waals surface area contributed by atoms with E-state index in [-0.39, 0.29) is 12.1 Å². The molecular formula is C19H23NO. The zero-order valence-electron chi connectivity index (χ0n) is 12.8. The van der Waals surface area contributed by atoms with Crippen molar-refractivity contribution in [2.45, 2.75) is 38.5 Å². The SMILES string of the molecule is Cc1cccc(CN(C)C2CCc3ccccc3C2O)c1. The topological polar surface area (TPSA) is 23.5 Å². The number of likely N-dealkylation sites (N-methyl/N-ethyl adjacent to an activating group) is 1. The summed E-state index contributed by atoms with van der Waals surface area (Å²) in [6.07, 6.45) is 1.68. The third kappa shape index (κ3) is 3.02. The average molecular weight is 281 g/mol. The number of benzene rings is 2. The molecule has 0 aliphatic heterocycles. The molecule has 2 aromatic rings. The molecule has 110 valence electrons. The summed E-state index contributed by atoms with van der Waals surface area (Å²) in [5.74, 6) is 0. The largest absolute Gasteiger partial charge is 0.387 e. The zero-order valence-corrected chi connectivity index (χ0v) is 12.8. The third-order valence-electron chi connectivity index (χ3n) is 4.53. The lowest BCUT2D eigenvalue weighted by Gasteiger charge is -2.36. The molecule has 2 unspecified atom stereocenters. The first-order valence-corrected chi connectivity index (χ1v) is 7.67. The molecule has 0 heterocycles. The molecule has 0 bridgehead atoms. The molecule has 21 heavy (non-hydrogen) atoms. The maximum Gasteiger partial charge on any atom is 0.0947 e. The van der Waals surface area contributed by atoms with Crippen molar-refractivity contribution in [3.8, 4) is 0 Å². The normalized spacial score (nSPS) is 21.3. The van der Waals surface area contributed by atoms with E-state index in [2.05, 4.69) is 61.3 Å². The first-order chi connectivity index (χ1) is 10.1. The quantitative estimate of drug-likeness (QED) is 0.931. The highest BCUT2D eigenvalue weighted by atomic mass is 16.3. The van der Waals surface area contributed by atoms with Crippen molar-refractivity contribution in [3.63, 3.8) is 0 Å². The molecule has 0 spiro atoms. The van der Waals surface area contributed by atoms with Gasteiger partial charge in [0.05, 0.1) is 6.10 Å². The van der Waals surface area contributed by atoms with Gasteiger partial charge < -0.3 is 5.11 Å². The van der Waals surface area contributed by atoms with E-state index in [0.717, 1.165) is 24.9 Å². The number of hydrogen-bond acceptors (Lipinski definition) is 2. The van der Waals surface area contributed by atoms with Gasteiger partial charge in [0, 0.05) is 12.6 Å². The molecule has 2 atom stereocenters. The number of fused-ring (bicyclic) bond motifs is 1. The molecule has 3 rings (SSSR count). The van der Waals surface area contributed by atoms with E-state index in [1.54, 1.807) is 0 Å². The molecule has 1 N–H and O–H groups in total. The minimum Gasteiger partial charge on any atom is -0.387 e. The van der Waals surface area contributed by atoms with Crippen LogP contribution in [0.5, 0.6) is 0 Å². The van der Waals surface area contributed by atoms with Crippen LogP contribution < -0.4 is 0 Å². The number of rotatable bonds is 3. The summed E-state index contributed by atoms with van der Waals surface area (Å²) in [7, 11) is 2.12. The van der Waals surface area contributed by atoms with Crippen LogP contribution in [0.4, 0.5) is 0 Å². The molecule has 0 aromatic heterocycles. The highest BCUT2D eigenvalue weighted by Crippen LogP contribution is 2.32. The Balaban J connectivity index is 1.75. The molecule has 0 amide bonds. The van der Waals surface area contributed by atoms with Crippen LogP contribution in [0, 0.1) is 6.92 Å². The van der Waals surface area contributed by atoms with Gasteiger partial charge in [0.2, 0.25) is 0 Å². The predicted molar refractivity (Wildman–Crippen MR) is 86.2 cm³/mol. The van der Waals surface area contributed by atoms with Gasteiger partial charge >= 0.3 is 0 Å². The van der Waals surface area contributed by atoms with E-state index in [1.807, 2.05) is 6.07 Å². The molecular weight excluding hydrogens is 258 g/mol. The molecule has 0 fully saturated rings. The fourth-order valence-electron chi connectivity index (χ4n) is 3.40. The molecule has 1 aliphatic rings. The number of aryl methyl sites for hydroxylation is 2. The van der Waals surface area contributed by atoms with Gasteiger partial charge in [-0.3, -0.25) is 4.90 Å². The van der Waals surface area contributed by atoms with Gasteiger partial charge in [0.1, 0.15) is 0 Å². The van der Waals surface area contributed by atoms with E-state index in [9.17, 15) is 5.11 Å². The second-order valence-electron chi connectivity index (χ2n) is 6.15. The van der Waals surface area contributed by atoms with Gasteiger partial charge in [-0.25, -0.2) is 0 Å². The number of nitrogens with zero attached hydrogens (tertiary/aromatic N) is 1. The molecule has 0 radical (unpaired) electrons. The van der Waals surface area contributed by atoms with E-state index in [0.29, 0.717) is 0 Å². The van der Waals surface area contributed by atoms with Gasteiger partial charge in [-0.2, -0.15) is 0 Å². The van der Waals surface area contributed by atoms with E-state index >= 15 is 0 Å². The maximum atomic E-state index is 10.7. The Morgan fingerprint density at radius 2 is 1.95 bits per heavy atom. The van der Waals surface area contributed by atoms with Crippen molar-refractivity contribution in [3.05, 3.63) is 70.8 Å². The summed E-state index contributed by atoms with van der Waals surface area (Å²) in [6.45, 7) is 3.00. The number of aliphatic hydroxyl groups excluding tert-OH is 1. The molecule has 0 saturated carbocycles. The molecule has 2 heteroatoms. The second-order valence-corrected chi connectivity index (χ2v) is 6.15. The van der Waals surface area contributed by atoms with Gasteiger partial charge in [0.25, 0.3) is 0 Å². The van der Waals surface area contributed by atoms with Crippen LogP contribution in [0.2, 0.25) is 0 Å². The Morgan fingerprint density at radius 1 is 1.14 bits per heavy atom. The average Bonchev–Trinajstić information content (AvgIpc) is 2.48. The molecule has 0 saturated heterocycles. The fourth-order valence-corrected chi connectivity index (χ4v) is 3.40. The van der Waals surface area contributed by atoms with Gasteiger partial charge in [-0.15, -0.1) is 0 Å². The molecule has 2 nitrogen and oxygen atoms in total. The van der Waals surface area contributed by atoms with Crippen molar-refractivity contribution in [1.29, 1.82) is 0 Å². The van der Waals surface area contributed by atoms with E-state index in [4.69, 9.17) is 0 Å². The first kappa shape index (κ1) is 14.3. The second kappa shape index (κ2) is 6.00. The van der Waals surface area contributed by atoms with Crippen molar-refractivity contribution in [2.24, 2.45) is 0 Å². The fraction of sp³-hybridized carbons (Fsp3) is 0.368. The highest BCUT2D eigenvalue weighted by molar-refractivity contribution is 5.33. The Kier molecular flexibility index (Phi) is 4.09. The smallest absolute Gasteiger partial charge is 0.0947 e. The van der Waals surface area contributed by atoms with Crippen LogP contribution >= 0.6 is 0 Å². The Bertz CT molecular complexity index is 622. The summed E-state index contributed by atoms with van der Waals surface area (Å²) in [5, 5.41) is 10.7. The maximum absolute atomic E-state index is 10.7. The van der Waals surface area contributed by atoms with Crippen molar-refractivity contribution in [1.82, 2.24) is 4.90 Å². The standard InChI is InChI=1S/C19H23NO/c1-14-6-5-7-15(12-14)13-20(2)18-11-10-16-8-3-4-9-17(16)19(18)21/h3-9,12,18-19,21H,10-11,13H2,1-2H3. The molecule has 2 aromatic carbocycles. The molecule has 1 aliphatic carbocycles. The monoisotopic (exact) mass is 281 g/mol. The van der Waals surface area contributed by atoms with Gasteiger partial charge in [-0.05, 0) is 43.5 Å². The summed E-state index contributed by atoms with van der Waals surface area (Å²) < 4.78 is 0. The van der Waals surface area contributed by atoms with Crippen LogP contribution in [0.3, 0.4) is 0 Å². The summed E-state index contributed by atoms with van der Waals surface area (Å²) >= 11 is 0. The lowest BCUT2D eigenvalue weighted by Crippen LogP contribution is -2.39. The van der Waals surface area contributed by atoms with Crippen molar-refractivity contribution >= 4 is 0 Å². The van der Waals surface area contributed by atoms with Crippen molar-refractivity contribution in [2.75, 3.05) is 7.05 Å². The first-order valence-electron chi connectivity index (χ1n) is 7.67. The van der Waals surface area contributed by atoms with E-state index in [1.165, 1.54) is 16.7 Å². The summed E-state index contributed by atoms with van der Waals surface area (Å²) in [4.78, 5) is 2.29. The minimum atomic E-state index is -0.384. The predicted octanol–water partition coefficient (Wildman–Crippen LogP) is 3.48. The Hall–Kier alpha value is -1.64. The number of hydrogen-bond donors (Lipinski definition) is 1. The van der Waals surface area contributed by atoms with Gasteiger partial charge in [0.15, 0.2) is 0 Å². The Morgan fingerprint density at radius 3 is 2.76 bits per heavy atom. The van der Waals surface area contributed by atoms with Gasteiger partial charge in [-0.1, -0.05) is 54.1 Å². The summed E-state index contributed by atoms with van der Waals surface area (Å²) in [6, 6.07) is 17.1. The van der Waals surface area contributed by atoms with Crippen LogP contribution in [-0.4, -0.2) is 23.1 Å². The van der Waals surface area contributed by atoms with Crippen LogP contribution in [-0.2, 0) is 13.0 Å². The highest BCUT2D eigenvalue weighted by Gasteiger charge is 2.30. The number of aliphatic hydroxyl groups is 1. The minimum absolute atomic E-state index is 0.195. The van der Waals surface area contributed by atoms with Crippen LogP contribution in [0.1, 0.15) is 34.8 Å². The third-order valence-corrected chi connectivity index (χ3v) is 4.53. The lowest BCUT2D eigenvalue weighted by atomic mass is 9.85. The van der Waals surface area contributed by atoms with Crippen LogP contribution in [0.15, 0.2) is 48.5 Å². The summed E-state index contributed by atoms with van der Waals surface area (Å²) in [5.41, 5.74) is 4.99. The van der Waals surface area contributed by atoms with E-state index < -0.39 is 0 Å². The lowest BCUT2D eigenvalue weighted by molar-refractivity contribution is 0.0462. The van der Waals surface area contributed by atoms with Crippen molar-refractivity contribution < 1.29 is 5.11 Å². The zero-order chi connectivity index (χ0) is 14.8.